The quantitative estimate of drug-likeness (QED) is 0.0760. The molecule has 300 valence electrons. The second kappa shape index (κ2) is 16.2. The van der Waals surface area contributed by atoms with E-state index in [1.165, 1.54) is 14.2 Å². The first-order valence-electron chi connectivity index (χ1n) is 19.5. The average molecular weight is 809 g/mol. The van der Waals surface area contributed by atoms with Gasteiger partial charge in [0.25, 0.3) is 0 Å². The zero-order valence-electron chi connectivity index (χ0n) is 33.2. The number of methoxy groups -OCH3 is 2. The minimum Gasteiger partial charge on any atom is -0.468 e. The fraction of sp³-hybridized carbons (Fsp3) is 0.224. The van der Waals surface area contributed by atoms with E-state index in [0.29, 0.717) is 27.8 Å². The van der Waals surface area contributed by atoms with Crippen LogP contribution < -0.4 is 0 Å². The molecule has 9 nitrogen and oxygen atoms in total. The highest BCUT2D eigenvalue weighted by atomic mass is 31.2. The Bertz CT molecular complexity index is 2220. The number of rotatable bonds is 10. The fourth-order valence-corrected chi connectivity index (χ4v) is 11.4. The number of carbonyl (C=O) groups excluding carboxylic acids is 2. The Labute approximate surface area is 344 Å². The van der Waals surface area contributed by atoms with Crippen LogP contribution in [-0.2, 0) is 53.4 Å². The van der Waals surface area contributed by atoms with Crippen molar-refractivity contribution in [3.63, 3.8) is 0 Å². The molecule has 3 atom stereocenters. The number of hydrogen-bond donors (Lipinski definition) is 0. The summed E-state index contributed by atoms with van der Waals surface area (Å²) in [5.41, 5.74) is -0.712. The summed E-state index contributed by atoms with van der Waals surface area (Å²) in [5, 5.41) is 0. The van der Waals surface area contributed by atoms with E-state index < -0.39 is 60.3 Å². The van der Waals surface area contributed by atoms with Crippen molar-refractivity contribution in [3.8, 4) is 11.1 Å². The maximum atomic E-state index is 17.3. The van der Waals surface area contributed by atoms with Crippen molar-refractivity contribution >= 4 is 19.5 Å². The molecule has 2 fully saturated rings. The van der Waals surface area contributed by atoms with E-state index in [0.717, 1.165) is 11.1 Å². The molecule has 2 aliphatic rings. The lowest BCUT2D eigenvalue weighted by Gasteiger charge is -2.42. The lowest BCUT2D eigenvalue weighted by Crippen LogP contribution is -2.53. The van der Waals surface area contributed by atoms with Gasteiger partial charge in [-0.25, -0.2) is 0 Å². The highest BCUT2D eigenvalue weighted by Gasteiger charge is 2.71. The van der Waals surface area contributed by atoms with E-state index >= 15 is 4.57 Å². The van der Waals surface area contributed by atoms with Gasteiger partial charge >= 0.3 is 19.5 Å². The van der Waals surface area contributed by atoms with Crippen LogP contribution in [0.15, 0.2) is 176 Å². The van der Waals surface area contributed by atoms with Gasteiger partial charge in [0, 0.05) is 0 Å². The van der Waals surface area contributed by atoms with Crippen LogP contribution in [0.5, 0.6) is 0 Å². The Morgan fingerprint density at radius 1 is 0.508 bits per heavy atom. The van der Waals surface area contributed by atoms with Crippen LogP contribution in [0.1, 0.15) is 47.3 Å². The van der Waals surface area contributed by atoms with E-state index in [9.17, 15) is 9.59 Å². The van der Waals surface area contributed by atoms with Crippen LogP contribution in [-0.4, -0.2) is 44.2 Å². The number of hydrogen-bond acceptors (Lipinski definition) is 9. The molecule has 0 saturated carbocycles. The first-order chi connectivity index (χ1) is 28.6. The highest BCUT2D eigenvalue weighted by Crippen LogP contribution is 2.75. The Morgan fingerprint density at radius 2 is 0.831 bits per heavy atom. The number of fused-ring (bicyclic) bond motifs is 1. The molecule has 2 saturated heterocycles. The van der Waals surface area contributed by atoms with Crippen molar-refractivity contribution in [2.24, 2.45) is 5.92 Å². The van der Waals surface area contributed by atoms with Crippen molar-refractivity contribution in [1.29, 1.82) is 0 Å². The lowest BCUT2D eigenvalue weighted by atomic mass is 9.72. The van der Waals surface area contributed by atoms with Crippen molar-refractivity contribution in [3.05, 3.63) is 204 Å². The average Bonchev–Trinajstić information content (AvgIpc) is 3.58. The van der Waals surface area contributed by atoms with Gasteiger partial charge in [0.05, 0.1) is 14.2 Å². The molecule has 8 rings (SSSR count). The molecule has 0 amide bonds. The summed E-state index contributed by atoms with van der Waals surface area (Å²) in [5.74, 6) is -4.99. The lowest BCUT2D eigenvalue weighted by molar-refractivity contribution is -0.176. The summed E-state index contributed by atoms with van der Waals surface area (Å²) >= 11 is 0. The summed E-state index contributed by atoms with van der Waals surface area (Å²) in [6, 6.07) is 54.4. The molecule has 6 aromatic rings. The predicted molar refractivity (Wildman–Crippen MR) is 223 cm³/mol. The molecule has 59 heavy (non-hydrogen) atoms. The number of benzene rings is 6. The van der Waals surface area contributed by atoms with Gasteiger partial charge in [-0.2, -0.15) is 0 Å². The molecule has 0 aromatic heterocycles. The third-order valence-electron chi connectivity index (χ3n) is 11.2. The Kier molecular flexibility index (Phi) is 11.0. The van der Waals surface area contributed by atoms with E-state index in [2.05, 4.69) is 0 Å². The molecular formula is C49H45O9P. The first-order valence-corrected chi connectivity index (χ1v) is 21.1. The van der Waals surface area contributed by atoms with Crippen molar-refractivity contribution in [1.82, 2.24) is 0 Å². The zero-order valence-corrected chi connectivity index (χ0v) is 34.1. The number of carbonyl (C=O) groups is 2. The summed E-state index contributed by atoms with van der Waals surface area (Å²) < 4.78 is 57.1. The number of esters is 2. The predicted octanol–water partition coefficient (Wildman–Crippen LogP) is 10.0. The van der Waals surface area contributed by atoms with Gasteiger partial charge in [-0.15, -0.1) is 0 Å². The maximum Gasteiger partial charge on any atom is 0.342 e. The molecule has 0 N–H and O–H groups in total. The van der Waals surface area contributed by atoms with Gasteiger partial charge in [-0.3, -0.25) is 23.2 Å². The van der Waals surface area contributed by atoms with Gasteiger partial charge in [0.1, 0.15) is 17.9 Å². The Hall–Kier alpha value is -5.67. The van der Waals surface area contributed by atoms with Gasteiger partial charge in [-0.05, 0) is 52.8 Å². The Balaban J connectivity index is 1.51. The third kappa shape index (κ3) is 7.13. The fourth-order valence-electron chi connectivity index (χ4n) is 8.61. The zero-order chi connectivity index (χ0) is 41.3. The summed E-state index contributed by atoms with van der Waals surface area (Å²) in [6.45, 7) is 3.65. The molecule has 0 unspecified atom stereocenters. The van der Waals surface area contributed by atoms with Gasteiger partial charge in [0.2, 0.25) is 0 Å². The second-order valence-electron chi connectivity index (χ2n) is 15.1. The molecule has 0 radical (unpaired) electrons. The molecule has 10 heteroatoms. The van der Waals surface area contributed by atoms with Gasteiger partial charge in [0.15, 0.2) is 22.9 Å². The molecule has 6 aromatic carbocycles. The second-order valence-corrected chi connectivity index (χ2v) is 17.1. The number of ether oxygens (including phenoxy) is 4. The van der Waals surface area contributed by atoms with E-state index in [1.54, 1.807) is 12.1 Å². The van der Waals surface area contributed by atoms with Crippen molar-refractivity contribution < 1.29 is 42.1 Å². The van der Waals surface area contributed by atoms with Crippen LogP contribution in [0, 0.1) is 5.92 Å². The van der Waals surface area contributed by atoms with Crippen LogP contribution in [0.3, 0.4) is 0 Å². The summed E-state index contributed by atoms with van der Waals surface area (Å²) in [4.78, 5) is 28.3. The van der Waals surface area contributed by atoms with E-state index in [-0.39, 0.29) is 0 Å². The van der Waals surface area contributed by atoms with Crippen LogP contribution in [0.25, 0.3) is 11.1 Å². The van der Waals surface area contributed by atoms with Crippen LogP contribution in [0.2, 0.25) is 0 Å². The molecule has 0 bridgehead atoms. The van der Waals surface area contributed by atoms with Gasteiger partial charge in [-0.1, -0.05) is 176 Å². The minimum atomic E-state index is -5.03. The summed E-state index contributed by atoms with van der Waals surface area (Å²) in [6.07, 6.45) is -2.12. The molecule has 0 aliphatic carbocycles. The largest absolute Gasteiger partial charge is 0.468 e. The summed E-state index contributed by atoms with van der Waals surface area (Å²) in [7, 11) is -2.69. The standard InChI is InChI=1S/C49H45O9P/c1-47(2)55-43-44(56-47)49(39-26-16-8-17-27-39,40-28-18-9-19-29-40)58-59(52,57-48(43,37-22-12-6-13-23-37)38-24-14-7-15-25-38)42(41(45(50)53-3)46(51)54-4)36-32-30-35(31-33-36)34-20-10-5-11-21-34/h5-33,41-44H,1-4H3/t42-,43-,44-/m1/s1. The molecule has 2 heterocycles. The highest BCUT2D eigenvalue weighted by molar-refractivity contribution is 7.54. The molecular weight excluding hydrogens is 764 g/mol. The van der Waals surface area contributed by atoms with Crippen LogP contribution >= 0.6 is 7.60 Å². The van der Waals surface area contributed by atoms with Crippen molar-refractivity contribution in [2.75, 3.05) is 14.2 Å². The Morgan fingerprint density at radius 3 is 1.17 bits per heavy atom. The van der Waals surface area contributed by atoms with E-state index in [1.807, 2.05) is 178 Å². The maximum absolute atomic E-state index is 17.3. The van der Waals surface area contributed by atoms with Gasteiger partial charge < -0.3 is 18.9 Å². The SMILES string of the molecule is COC(=O)C(C(=O)OC)[C@@H](c1ccc(-c2ccccc2)cc1)P1(=O)OC(c2ccccc2)(c2ccccc2)[C@@H]2OC(C)(C)O[C@H]2C(c2ccccc2)(c2ccccc2)O1. The monoisotopic (exact) mass is 808 g/mol. The van der Waals surface area contributed by atoms with Crippen molar-refractivity contribution in [2.45, 2.75) is 48.7 Å². The first kappa shape index (κ1) is 40.1. The molecule has 0 spiro atoms. The molecule has 2 aliphatic heterocycles. The smallest absolute Gasteiger partial charge is 0.342 e. The third-order valence-corrected chi connectivity index (χ3v) is 13.5. The normalized spacial score (nSPS) is 20.4. The van der Waals surface area contributed by atoms with Crippen LogP contribution in [0.4, 0.5) is 0 Å². The minimum absolute atomic E-state index is 0.313. The topological polar surface area (TPSA) is 107 Å². The van der Waals surface area contributed by atoms with E-state index in [4.69, 9.17) is 28.0 Å².